The van der Waals surface area contributed by atoms with Gasteiger partial charge in [-0.15, -0.1) is 0 Å². The number of benzene rings is 2. The molecule has 0 spiro atoms. The maximum Gasteiger partial charge on any atom is 0.408 e. The van der Waals surface area contributed by atoms with Crippen LogP contribution in [0.2, 0.25) is 0 Å². The van der Waals surface area contributed by atoms with Gasteiger partial charge >= 0.3 is 6.09 Å². The number of hydrogen-bond donors (Lipinski definition) is 2. The predicted molar refractivity (Wildman–Crippen MR) is 111 cm³/mol. The molecule has 0 radical (unpaired) electrons. The van der Waals surface area contributed by atoms with Crippen molar-refractivity contribution in [2.45, 2.75) is 45.4 Å². The first kappa shape index (κ1) is 22.1. The highest BCUT2D eigenvalue weighted by Gasteiger charge is 2.28. The molecule has 29 heavy (non-hydrogen) atoms. The third-order valence-electron chi connectivity index (χ3n) is 4.77. The lowest BCUT2D eigenvalue weighted by Gasteiger charge is -2.25. The molecule has 2 aromatic rings. The summed E-state index contributed by atoms with van der Waals surface area (Å²) in [6, 6.07) is 17.3. The Labute approximate surface area is 171 Å². The molecule has 0 saturated carbocycles. The molecule has 0 unspecified atom stereocenters. The molecule has 2 N–H and O–H groups in total. The fourth-order valence-electron chi connectivity index (χ4n) is 2.87. The van der Waals surface area contributed by atoms with E-state index in [9.17, 15) is 14.4 Å². The number of hydrogen-bond acceptors (Lipinski definition) is 4. The van der Waals surface area contributed by atoms with Crippen LogP contribution in [0, 0.1) is 5.92 Å². The highest BCUT2D eigenvalue weighted by Crippen LogP contribution is 2.10. The third-order valence-corrected chi connectivity index (χ3v) is 4.77. The van der Waals surface area contributed by atoms with E-state index in [-0.39, 0.29) is 12.5 Å². The third kappa shape index (κ3) is 7.41. The largest absolute Gasteiger partial charge is 0.445 e. The molecule has 0 heterocycles. The van der Waals surface area contributed by atoms with Crippen LogP contribution in [0.15, 0.2) is 60.7 Å². The quantitative estimate of drug-likeness (QED) is 0.604. The molecule has 0 aromatic heterocycles. The van der Waals surface area contributed by atoms with Gasteiger partial charge in [0.1, 0.15) is 18.9 Å². The van der Waals surface area contributed by atoms with E-state index in [0.29, 0.717) is 19.1 Å². The molecule has 0 saturated heterocycles. The van der Waals surface area contributed by atoms with Crippen molar-refractivity contribution in [3.63, 3.8) is 0 Å². The average molecular weight is 396 g/mol. The Morgan fingerprint density at radius 1 is 0.966 bits per heavy atom. The number of nitrogens with one attached hydrogen (secondary N) is 2. The molecule has 2 amide bonds. The Bertz CT molecular complexity index is 780. The van der Waals surface area contributed by atoms with Gasteiger partial charge in [-0.25, -0.2) is 4.79 Å². The minimum Gasteiger partial charge on any atom is -0.445 e. The fraction of sp³-hybridized carbons (Fsp3) is 0.348. The van der Waals surface area contributed by atoms with Crippen molar-refractivity contribution in [1.82, 2.24) is 10.6 Å². The number of amides is 2. The van der Waals surface area contributed by atoms with Crippen molar-refractivity contribution >= 4 is 18.3 Å². The van der Waals surface area contributed by atoms with Crippen LogP contribution >= 0.6 is 0 Å². The fourth-order valence-corrected chi connectivity index (χ4v) is 2.87. The second-order valence-electron chi connectivity index (χ2n) is 7.01. The molecule has 0 bridgehead atoms. The van der Waals surface area contributed by atoms with E-state index in [0.717, 1.165) is 11.1 Å². The molecule has 6 heteroatoms. The Kier molecular flexibility index (Phi) is 8.89. The molecule has 2 rings (SSSR count). The van der Waals surface area contributed by atoms with Crippen LogP contribution in [0.5, 0.6) is 0 Å². The Morgan fingerprint density at radius 3 is 2.10 bits per heavy atom. The monoisotopic (exact) mass is 396 g/mol. The van der Waals surface area contributed by atoms with E-state index in [1.165, 1.54) is 0 Å². The minimum absolute atomic E-state index is 0.118. The molecule has 6 nitrogen and oxygen atoms in total. The highest BCUT2D eigenvalue weighted by molar-refractivity contribution is 5.87. The summed E-state index contributed by atoms with van der Waals surface area (Å²) in [5, 5.41) is 5.37. The number of alkyl carbamates (subject to hydrolysis) is 1. The first-order valence-electron chi connectivity index (χ1n) is 9.80. The van der Waals surface area contributed by atoms with Crippen LogP contribution in [0.1, 0.15) is 31.4 Å². The lowest BCUT2D eigenvalue weighted by atomic mass is 9.97. The predicted octanol–water partition coefficient (Wildman–Crippen LogP) is 3.25. The molecule has 0 aliphatic rings. The van der Waals surface area contributed by atoms with Crippen molar-refractivity contribution < 1.29 is 19.1 Å². The summed E-state index contributed by atoms with van der Waals surface area (Å²) < 4.78 is 5.23. The van der Waals surface area contributed by atoms with Crippen molar-refractivity contribution in [3.8, 4) is 0 Å². The molecular weight excluding hydrogens is 368 g/mol. The van der Waals surface area contributed by atoms with Crippen LogP contribution < -0.4 is 10.6 Å². The van der Waals surface area contributed by atoms with Crippen LogP contribution in [0.3, 0.4) is 0 Å². The number of carbonyl (C=O) groups is 3. The Morgan fingerprint density at radius 2 is 1.55 bits per heavy atom. The van der Waals surface area contributed by atoms with Crippen LogP contribution in [-0.4, -0.2) is 30.4 Å². The average Bonchev–Trinajstić information content (AvgIpc) is 2.76. The Balaban J connectivity index is 1.95. The van der Waals surface area contributed by atoms with Crippen molar-refractivity contribution in [2.24, 2.45) is 5.92 Å². The zero-order chi connectivity index (χ0) is 21.1. The normalized spacial score (nSPS) is 13.6. The van der Waals surface area contributed by atoms with Gasteiger partial charge in [-0.3, -0.25) is 4.79 Å². The summed E-state index contributed by atoms with van der Waals surface area (Å²) >= 11 is 0. The summed E-state index contributed by atoms with van der Waals surface area (Å²) in [7, 11) is 0. The molecule has 0 aliphatic heterocycles. The topological polar surface area (TPSA) is 84.5 Å². The first-order valence-corrected chi connectivity index (χ1v) is 9.80. The van der Waals surface area contributed by atoms with Gasteiger partial charge in [0.25, 0.3) is 0 Å². The zero-order valence-corrected chi connectivity index (χ0v) is 16.8. The summed E-state index contributed by atoms with van der Waals surface area (Å²) in [6.45, 7) is 3.92. The second-order valence-corrected chi connectivity index (χ2v) is 7.01. The van der Waals surface area contributed by atoms with E-state index in [4.69, 9.17) is 4.74 Å². The van der Waals surface area contributed by atoms with Crippen LogP contribution in [0.4, 0.5) is 4.79 Å². The maximum atomic E-state index is 12.8. The lowest BCUT2D eigenvalue weighted by molar-refractivity contribution is -0.126. The number of rotatable bonds is 10. The number of carbonyl (C=O) groups excluding carboxylic acids is 3. The van der Waals surface area contributed by atoms with E-state index in [1.807, 2.05) is 74.5 Å². The Hall–Kier alpha value is -3.15. The van der Waals surface area contributed by atoms with E-state index < -0.39 is 24.1 Å². The molecule has 0 aliphatic carbocycles. The van der Waals surface area contributed by atoms with Crippen molar-refractivity contribution in [3.05, 3.63) is 71.8 Å². The smallest absolute Gasteiger partial charge is 0.408 e. The SMILES string of the molecule is CC[C@H](C)[C@H](NC(=O)OCc1ccccc1)C(=O)N[C@H](C=O)Cc1ccccc1. The summed E-state index contributed by atoms with van der Waals surface area (Å²) in [4.78, 5) is 36.4. The highest BCUT2D eigenvalue weighted by atomic mass is 16.5. The van der Waals surface area contributed by atoms with E-state index in [2.05, 4.69) is 10.6 Å². The standard InChI is InChI=1S/C23H28N2O4/c1-3-17(2)21(25-23(28)29-16-19-12-8-5-9-13-19)22(27)24-20(15-26)14-18-10-6-4-7-11-18/h4-13,15,17,20-21H,3,14,16H2,1-2H3,(H,24,27)(H,25,28)/t17-,20-,21-/m0/s1. The molecule has 2 aromatic carbocycles. The van der Waals surface area contributed by atoms with Gasteiger partial charge in [0.05, 0.1) is 6.04 Å². The zero-order valence-electron chi connectivity index (χ0n) is 16.8. The van der Waals surface area contributed by atoms with Gasteiger partial charge in [-0.1, -0.05) is 80.9 Å². The number of aldehydes is 1. The van der Waals surface area contributed by atoms with Crippen molar-refractivity contribution in [2.75, 3.05) is 0 Å². The van der Waals surface area contributed by atoms with Crippen LogP contribution in [0.25, 0.3) is 0 Å². The molecular formula is C23H28N2O4. The lowest BCUT2D eigenvalue weighted by Crippen LogP contribution is -2.53. The van der Waals surface area contributed by atoms with Gasteiger partial charge in [0.2, 0.25) is 5.91 Å². The second kappa shape index (κ2) is 11.6. The van der Waals surface area contributed by atoms with Crippen molar-refractivity contribution in [1.29, 1.82) is 0 Å². The van der Waals surface area contributed by atoms with Gasteiger partial charge in [-0.2, -0.15) is 0 Å². The molecule has 154 valence electrons. The summed E-state index contributed by atoms with van der Waals surface area (Å²) in [5.74, 6) is -0.521. The maximum absolute atomic E-state index is 12.8. The van der Waals surface area contributed by atoms with Gasteiger partial charge in [0, 0.05) is 0 Å². The van der Waals surface area contributed by atoms with Gasteiger partial charge in [0.15, 0.2) is 0 Å². The number of ether oxygens (including phenoxy) is 1. The summed E-state index contributed by atoms with van der Waals surface area (Å²) in [6.07, 6.45) is 1.12. The molecule has 3 atom stereocenters. The van der Waals surface area contributed by atoms with Gasteiger partial charge in [-0.05, 0) is 23.5 Å². The molecule has 0 fully saturated rings. The van der Waals surface area contributed by atoms with E-state index in [1.54, 1.807) is 0 Å². The van der Waals surface area contributed by atoms with Gasteiger partial charge < -0.3 is 20.2 Å². The van der Waals surface area contributed by atoms with E-state index >= 15 is 0 Å². The summed E-state index contributed by atoms with van der Waals surface area (Å²) in [5.41, 5.74) is 1.80. The first-order chi connectivity index (χ1) is 14.0. The minimum atomic E-state index is -0.790. The van der Waals surface area contributed by atoms with Crippen LogP contribution in [-0.2, 0) is 27.4 Å².